The lowest BCUT2D eigenvalue weighted by atomic mass is 10.1. The fourth-order valence-corrected chi connectivity index (χ4v) is 3.60. The summed E-state index contributed by atoms with van der Waals surface area (Å²) in [6.45, 7) is 4.28. The van der Waals surface area contributed by atoms with E-state index in [-0.39, 0.29) is 18.1 Å². The van der Waals surface area contributed by atoms with Crippen LogP contribution in [0, 0.1) is 0 Å². The molecule has 1 aliphatic rings. The summed E-state index contributed by atoms with van der Waals surface area (Å²) in [4.78, 5) is 28.5. The smallest absolute Gasteiger partial charge is 0.417 e. The topological polar surface area (TPSA) is 61.9 Å². The number of carbonyl (C=O) groups excluding carboxylic acids is 2. The summed E-state index contributed by atoms with van der Waals surface area (Å²) >= 11 is 5.60. The van der Waals surface area contributed by atoms with Gasteiger partial charge in [-0.3, -0.25) is 14.5 Å². The number of benzene rings is 2. The molecule has 2 amide bonds. The maximum Gasteiger partial charge on any atom is 0.417 e. The van der Waals surface area contributed by atoms with Crippen molar-refractivity contribution in [1.82, 2.24) is 9.80 Å². The summed E-state index contributed by atoms with van der Waals surface area (Å²) < 4.78 is 44.3. The van der Waals surface area contributed by atoms with Gasteiger partial charge in [-0.25, -0.2) is 0 Å². The van der Waals surface area contributed by atoms with Gasteiger partial charge in [0, 0.05) is 37.4 Å². The molecule has 2 aromatic carbocycles. The molecule has 0 atom stereocenters. The summed E-state index contributed by atoms with van der Waals surface area (Å²) in [6, 6.07) is 10.2. The number of hydrogen-bond acceptors (Lipinski definition) is 4. The van der Waals surface area contributed by atoms with E-state index < -0.39 is 22.7 Å². The first-order valence-corrected chi connectivity index (χ1v) is 10.5. The summed E-state index contributed by atoms with van der Waals surface area (Å²) in [6.07, 6.45) is -4.61. The molecule has 1 heterocycles. The van der Waals surface area contributed by atoms with Crippen LogP contribution in [0.4, 0.5) is 18.9 Å². The van der Waals surface area contributed by atoms with Gasteiger partial charge in [0.25, 0.3) is 5.91 Å². The number of hydrogen-bond donors (Lipinski definition) is 1. The van der Waals surface area contributed by atoms with Crippen LogP contribution in [0.25, 0.3) is 0 Å². The van der Waals surface area contributed by atoms with Gasteiger partial charge in [-0.1, -0.05) is 11.6 Å². The van der Waals surface area contributed by atoms with E-state index in [1.165, 1.54) is 6.07 Å². The molecule has 2 aromatic rings. The molecule has 1 aliphatic heterocycles. The zero-order valence-corrected chi connectivity index (χ0v) is 18.2. The number of carbonyl (C=O) groups is 2. The van der Waals surface area contributed by atoms with Crippen LogP contribution in [0.2, 0.25) is 5.02 Å². The second-order valence-electron chi connectivity index (χ2n) is 7.27. The Kier molecular flexibility index (Phi) is 7.63. The minimum atomic E-state index is -4.61. The molecular weight excluding hydrogens is 447 g/mol. The third-order valence-corrected chi connectivity index (χ3v) is 5.32. The first-order valence-electron chi connectivity index (χ1n) is 10.1. The fraction of sp³-hybridized carbons (Fsp3) is 0.364. The van der Waals surface area contributed by atoms with Gasteiger partial charge in [0.2, 0.25) is 5.91 Å². The predicted octanol–water partition coefficient (Wildman–Crippen LogP) is 4.15. The third kappa shape index (κ3) is 6.14. The van der Waals surface area contributed by atoms with Crippen molar-refractivity contribution in [2.24, 2.45) is 0 Å². The molecule has 1 N–H and O–H groups in total. The highest BCUT2D eigenvalue weighted by molar-refractivity contribution is 6.31. The minimum absolute atomic E-state index is 0.00899. The SMILES string of the molecule is CCOc1ccc(C(=O)N2CCN(CC(=O)Nc3ccc(Cl)c(C(F)(F)F)c3)CC2)cc1. The molecule has 0 bridgehead atoms. The molecule has 10 heteroatoms. The van der Waals surface area contributed by atoms with Crippen LogP contribution in [-0.2, 0) is 11.0 Å². The number of piperazine rings is 1. The molecule has 3 rings (SSSR count). The quantitative estimate of drug-likeness (QED) is 0.690. The first kappa shape index (κ1) is 23.9. The lowest BCUT2D eigenvalue weighted by Crippen LogP contribution is -2.50. The van der Waals surface area contributed by atoms with Gasteiger partial charge in [0.15, 0.2) is 0 Å². The van der Waals surface area contributed by atoms with Gasteiger partial charge in [-0.05, 0) is 49.4 Å². The van der Waals surface area contributed by atoms with Crippen LogP contribution in [0.1, 0.15) is 22.8 Å². The van der Waals surface area contributed by atoms with Gasteiger partial charge in [-0.15, -0.1) is 0 Å². The molecule has 172 valence electrons. The van der Waals surface area contributed by atoms with E-state index >= 15 is 0 Å². The van der Waals surface area contributed by atoms with Crippen molar-refractivity contribution in [2.75, 3.05) is 44.6 Å². The summed E-state index contributed by atoms with van der Waals surface area (Å²) in [5, 5.41) is 2.05. The molecule has 1 saturated heterocycles. The average Bonchev–Trinajstić information content (AvgIpc) is 2.75. The lowest BCUT2D eigenvalue weighted by Gasteiger charge is -2.34. The number of nitrogens with zero attached hydrogens (tertiary/aromatic N) is 2. The van der Waals surface area contributed by atoms with Crippen LogP contribution < -0.4 is 10.1 Å². The summed E-state index contributed by atoms with van der Waals surface area (Å²) in [5.41, 5.74) is -0.419. The van der Waals surface area contributed by atoms with Crippen LogP contribution >= 0.6 is 11.6 Å². The Balaban J connectivity index is 1.50. The predicted molar refractivity (Wildman–Crippen MR) is 115 cm³/mol. The van der Waals surface area contributed by atoms with Gasteiger partial charge in [-0.2, -0.15) is 13.2 Å². The highest BCUT2D eigenvalue weighted by Gasteiger charge is 2.33. The van der Waals surface area contributed by atoms with Crippen molar-refractivity contribution < 1.29 is 27.5 Å². The van der Waals surface area contributed by atoms with Crippen molar-refractivity contribution in [2.45, 2.75) is 13.1 Å². The maximum atomic E-state index is 13.0. The lowest BCUT2D eigenvalue weighted by molar-refractivity contribution is -0.137. The summed E-state index contributed by atoms with van der Waals surface area (Å²) in [5.74, 6) is 0.160. The second kappa shape index (κ2) is 10.2. The molecule has 0 radical (unpaired) electrons. The van der Waals surface area contributed by atoms with Crippen molar-refractivity contribution in [3.8, 4) is 5.75 Å². The van der Waals surface area contributed by atoms with E-state index in [0.29, 0.717) is 44.1 Å². The van der Waals surface area contributed by atoms with Crippen LogP contribution in [0.5, 0.6) is 5.75 Å². The maximum absolute atomic E-state index is 13.0. The number of amides is 2. The molecule has 0 saturated carbocycles. The van der Waals surface area contributed by atoms with Crippen LogP contribution in [0.15, 0.2) is 42.5 Å². The molecular formula is C22H23ClF3N3O3. The van der Waals surface area contributed by atoms with Crippen molar-refractivity contribution in [3.63, 3.8) is 0 Å². The van der Waals surface area contributed by atoms with E-state index in [4.69, 9.17) is 16.3 Å². The Morgan fingerprint density at radius 2 is 1.72 bits per heavy atom. The van der Waals surface area contributed by atoms with E-state index in [2.05, 4.69) is 5.32 Å². The third-order valence-electron chi connectivity index (χ3n) is 4.99. The van der Waals surface area contributed by atoms with E-state index in [1.807, 2.05) is 11.8 Å². The van der Waals surface area contributed by atoms with Crippen molar-refractivity contribution in [3.05, 3.63) is 58.6 Å². The van der Waals surface area contributed by atoms with E-state index in [1.54, 1.807) is 29.2 Å². The zero-order valence-electron chi connectivity index (χ0n) is 17.4. The largest absolute Gasteiger partial charge is 0.494 e. The number of nitrogens with one attached hydrogen (secondary N) is 1. The molecule has 1 fully saturated rings. The monoisotopic (exact) mass is 469 g/mol. The van der Waals surface area contributed by atoms with Gasteiger partial charge >= 0.3 is 6.18 Å². The molecule has 0 spiro atoms. The Morgan fingerprint density at radius 3 is 2.31 bits per heavy atom. The van der Waals surface area contributed by atoms with Crippen molar-refractivity contribution in [1.29, 1.82) is 0 Å². The van der Waals surface area contributed by atoms with E-state index in [0.717, 1.165) is 12.1 Å². The zero-order chi connectivity index (χ0) is 23.3. The number of halogens is 4. The Bertz CT molecular complexity index is 959. The normalized spacial score (nSPS) is 14.8. The Morgan fingerprint density at radius 1 is 1.06 bits per heavy atom. The molecule has 6 nitrogen and oxygen atoms in total. The van der Waals surface area contributed by atoms with Gasteiger partial charge in [0.05, 0.1) is 23.7 Å². The van der Waals surface area contributed by atoms with Crippen molar-refractivity contribution >= 4 is 29.1 Å². The first-order chi connectivity index (χ1) is 15.2. The van der Waals surface area contributed by atoms with Gasteiger partial charge < -0.3 is 15.0 Å². The fourth-order valence-electron chi connectivity index (χ4n) is 3.38. The second-order valence-corrected chi connectivity index (χ2v) is 7.67. The molecule has 0 unspecified atom stereocenters. The highest BCUT2D eigenvalue weighted by Crippen LogP contribution is 2.36. The minimum Gasteiger partial charge on any atom is -0.494 e. The number of ether oxygens (including phenoxy) is 1. The standard InChI is InChI=1S/C22H23ClF3N3O3/c1-2-32-17-6-3-15(4-7-17)21(31)29-11-9-28(10-12-29)14-20(30)27-16-5-8-19(23)18(13-16)22(24,25)26/h3-8,13H,2,9-12,14H2,1H3,(H,27,30). The molecule has 0 aliphatic carbocycles. The number of anilines is 1. The highest BCUT2D eigenvalue weighted by atomic mass is 35.5. The Labute approximate surface area is 188 Å². The average molecular weight is 470 g/mol. The van der Waals surface area contributed by atoms with Crippen LogP contribution in [0.3, 0.4) is 0 Å². The van der Waals surface area contributed by atoms with Gasteiger partial charge in [0.1, 0.15) is 5.75 Å². The number of alkyl halides is 3. The van der Waals surface area contributed by atoms with E-state index in [9.17, 15) is 22.8 Å². The van der Waals surface area contributed by atoms with Crippen LogP contribution in [-0.4, -0.2) is 60.9 Å². The number of rotatable bonds is 6. The molecule has 32 heavy (non-hydrogen) atoms. The Hall–Kier alpha value is -2.78. The summed E-state index contributed by atoms with van der Waals surface area (Å²) in [7, 11) is 0. The molecule has 0 aromatic heterocycles.